The number of hydrogen-bond acceptors (Lipinski definition) is 0. The van der Waals surface area contributed by atoms with Crippen LogP contribution in [0.5, 0.6) is 0 Å². The van der Waals surface area contributed by atoms with Gasteiger partial charge in [0.25, 0.3) is 0 Å². The Labute approximate surface area is 91.1 Å². The summed E-state index contributed by atoms with van der Waals surface area (Å²) < 4.78 is 27.6. The highest BCUT2D eigenvalue weighted by Gasteiger charge is 2.10. The molecule has 16 heavy (non-hydrogen) atoms. The molecule has 0 heterocycles. The second-order valence-electron chi connectivity index (χ2n) is 3.75. The fourth-order valence-corrected chi connectivity index (χ4v) is 2.02. The van der Waals surface area contributed by atoms with Crippen molar-refractivity contribution in [1.82, 2.24) is 0 Å². The molecule has 0 aliphatic heterocycles. The van der Waals surface area contributed by atoms with Gasteiger partial charge in [-0.1, -0.05) is 36.4 Å². The first-order valence-corrected chi connectivity index (χ1v) is 5.03. The molecule has 0 atom stereocenters. The summed E-state index contributed by atoms with van der Waals surface area (Å²) in [4.78, 5) is 0. The van der Waals surface area contributed by atoms with Gasteiger partial charge in [0.1, 0.15) is 11.6 Å². The fourth-order valence-electron chi connectivity index (χ4n) is 2.02. The maximum atomic E-state index is 14.1. The van der Waals surface area contributed by atoms with E-state index in [4.69, 9.17) is 0 Å². The molecule has 3 rings (SSSR count). The summed E-state index contributed by atoms with van der Waals surface area (Å²) >= 11 is 0. The van der Waals surface area contributed by atoms with Gasteiger partial charge >= 0.3 is 0 Å². The van der Waals surface area contributed by atoms with Crippen LogP contribution in [-0.4, -0.2) is 0 Å². The van der Waals surface area contributed by atoms with E-state index in [1.54, 1.807) is 30.3 Å². The van der Waals surface area contributed by atoms with E-state index < -0.39 is 11.6 Å². The quantitative estimate of drug-likeness (QED) is 0.490. The smallest absolute Gasteiger partial charge is 0.141 e. The second kappa shape index (κ2) is 3.27. The van der Waals surface area contributed by atoms with Gasteiger partial charge in [-0.2, -0.15) is 0 Å². The van der Waals surface area contributed by atoms with Crippen molar-refractivity contribution in [2.45, 2.75) is 0 Å². The molecule has 78 valence electrons. The first-order chi connectivity index (χ1) is 7.77. The van der Waals surface area contributed by atoms with Crippen LogP contribution < -0.4 is 0 Å². The Bertz CT molecular complexity index is 687. The molecular weight excluding hydrogens is 206 g/mol. The van der Waals surface area contributed by atoms with Gasteiger partial charge in [0.05, 0.1) is 5.39 Å². The van der Waals surface area contributed by atoms with Crippen molar-refractivity contribution in [3.05, 3.63) is 60.2 Å². The number of rotatable bonds is 0. The van der Waals surface area contributed by atoms with Gasteiger partial charge in [0, 0.05) is 5.39 Å². The van der Waals surface area contributed by atoms with Gasteiger partial charge in [-0.25, -0.2) is 8.78 Å². The number of halogens is 2. The van der Waals surface area contributed by atoms with E-state index in [0.717, 1.165) is 5.39 Å². The van der Waals surface area contributed by atoms with Gasteiger partial charge in [0.15, 0.2) is 0 Å². The Kier molecular flexibility index (Phi) is 1.90. The Morgan fingerprint density at radius 1 is 0.750 bits per heavy atom. The lowest BCUT2D eigenvalue weighted by atomic mass is 10.0. The van der Waals surface area contributed by atoms with E-state index in [1.807, 2.05) is 12.1 Å². The van der Waals surface area contributed by atoms with E-state index in [-0.39, 0.29) is 5.39 Å². The summed E-state index contributed by atoms with van der Waals surface area (Å²) in [5.41, 5.74) is 0. The lowest BCUT2D eigenvalue weighted by Gasteiger charge is -2.05. The van der Waals surface area contributed by atoms with Crippen LogP contribution in [0.1, 0.15) is 0 Å². The molecule has 0 radical (unpaired) electrons. The van der Waals surface area contributed by atoms with Gasteiger partial charge in [-0.15, -0.1) is 0 Å². The minimum absolute atomic E-state index is 0.0706. The van der Waals surface area contributed by atoms with Crippen molar-refractivity contribution in [3.63, 3.8) is 0 Å². The Balaban J connectivity index is 2.62. The zero-order valence-corrected chi connectivity index (χ0v) is 8.37. The molecule has 0 amide bonds. The molecule has 0 unspecified atom stereocenters. The lowest BCUT2D eigenvalue weighted by Crippen LogP contribution is -1.87. The molecule has 0 bridgehead atoms. The molecule has 3 aromatic rings. The van der Waals surface area contributed by atoms with Gasteiger partial charge < -0.3 is 0 Å². The topological polar surface area (TPSA) is 0 Å². The Morgan fingerprint density at radius 3 is 2.38 bits per heavy atom. The second-order valence-corrected chi connectivity index (χ2v) is 3.75. The van der Waals surface area contributed by atoms with Crippen molar-refractivity contribution in [3.8, 4) is 0 Å². The van der Waals surface area contributed by atoms with E-state index in [1.165, 1.54) is 6.07 Å². The SMILES string of the molecule is Fc1cccc2cc3ccccc3c(F)c12. The van der Waals surface area contributed by atoms with Crippen LogP contribution in [0.15, 0.2) is 48.5 Å². The average molecular weight is 214 g/mol. The number of fused-ring (bicyclic) bond motifs is 2. The molecule has 0 aliphatic rings. The van der Waals surface area contributed by atoms with E-state index in [2.05, 4.69) is 0 Å². The molecule has 0 saturated heterocycles. The predicted molar refractivity (Wildman–Crippen MR) is 61.4 cm³/mol. The molecule has 2 heteroatoms. The van der Waals surface area contributed by atoms with E-state index >= 15 is 0 Å². The third-order valence-electron chi connectivity index (χ3n) is 2.77. The maximum absolute atomic E-state index is 14.1. The van der Waals surface area contributed by atoms with Crippen molar-refractivity contribution in [2.24, 2.45) is 0 Å². The molecular formula is C14H8F2. The van der Waals surface area contributed by atoms with Crippen LogP contribution in [0.3, 0.4) is 0 Å². The molecule has 0 fully saturated rings. The van der Waals surface area contributed by atoms with Crippen LogP contribution in [0.4, 0.5) is 8.78 Å². The largest absolute Gasteiger partial charge is 0.206 e. The predicted octanol–water partition coefficient (Wildman–Crippen LogP) is 4.27. The summed E-state index contributed by atoms with van der Waals surface area (Å²) in [6, 6.07) is 13.5. The molecule has 0 nitrogen and oxygen atoms in total. The minimum Gasteiger partial charge on any atom is -0.206 e. The first kappa shape index (κ1) is 9.28. The van der Waals surface area contributed by atoms with Crippen LogP contribution in [0.2, 0.25) is 0 Å². The minimum atomic E-state index is -0.513. The van der Waals surface area contributed by atoms with Crippen molar-refractivity contribution in [1.29, 1.82) is 0 Å². The average Bonchev–Trinajstić information content (AvgIpc) is 2.29. The van der Waals surface area contributed by atoms with Gasteiger partial charge in [0.2, 0.25) is 0 Å². The third kappa shape index (κ3) is 1.20. The Morgan fingerprint density at radius 2 is 1.50 bits per heavy atom. The number of benzene rings is 3. The molecule has 0 N–H and O–H groups in total. The zero-order chi connectivity index (χ0) is 11.1. The zero-order valence-electron chi connectivity index (χ0n) is 8.37. The van der Waals surface area contributed by atoms with Crippen LogP contribution in [0.25, 0.3) is 21.5 Å². The van der Waals surface area contributed by atoms with E-state index in [9.17, 15) is 8.78 Å². The van der Waals surface area contributed by atoms with Crippen molar-refractivity contribution >= 4 is 21.5 Å². The van der Waals surface area contributed by atoms with Crippen molar-refractivity contribution in [2.75, 3.05) is 0 Å². The maximum Gasteiger partial charge on any atom is 0.141 e. The summed E-state index contributed by atoms with van der Waals surface area (Å²) in [6.45, 7) is 0. The third-order valence-corrected chi connectivity index (χ3v) is 2.77. The van der Waals surface area contributed by atoms with Crippen molar-refractivity contribution < 1.29 is 8.78 Å². The molecule has 0 spiro atoms. The highest BCUT2D eigenvalue weighted by Crippen LogP contribution is 2.28. The first-order valence-electron chi connectivity index (χ1n) is 5.03. The molecule has 0 aliphatic carbocycles. The fraction of sp³-hybridized carbons (Fsp3) is 0. The number of hydrogen-bond donors (Lipinski definition) is 0. The monoisotopic (exact) mass is 214 g/mol. The summed E-state index contributed by atoms with van der Waals surface area (Å²) in [5, 5.41) is 1.91. The summed E-state index contributed by atoms with van der Waals surface area (Å²) in [5.74, 6) is -0.994. The molecule has 0 aromatic heterocycles. The van der Waals surface area contributed by atoms with Gasteiger partial charge in [-0.05, 0) is 22.9 Å². The van der Waals surface area contributed by atoms with E-state index in [0.29, 0.717) is 10.8 Å². The van der Waals surface area contributed by atoms with Crippen LogP contribution in [-0.2, 0) is 0 Å². The normalized spacial score (nSPS) is 11.1. The standard InChI is InChI=1S/C14H8F2/c15-12-7-3-5-10-8-9-4-1-2-6-11(9)14(16)13(10)12/h1-8H. The highest BCUT2D eigenvalue weighted by molar-refractivity contribution is 5.99. The molecule has 3 aromatic carbocycles. The summed E-state index contributed by atoms with van der Waals surface area (Å²) in [7, 11) is 0. The lowest BCUT2D eigenvalue weighted by molar-refractivity contribution is 0.614. The van der Waals surface area contributed by atoms with Gasteiger partial charge in [-0.3, -0.25) is 0 Å². The summed E-state index contributed by atoms with van der Waals surface area (Å²) in [6.07, 6.45) is 0. The molecule has 0 saturated carbocycles. The highest BCUT2D eigenvalue weighted by atomic mass is 19.1. The Hall–Kier alpha value is -1.96. The van der Waals surface area contributed by atoms with Crippen LogP contribution in [0, 0.1) is 11.6 Å². The van der Waals surface area contributed by atoms with Crippen LogP contribution >= 0.6 is 0 Å².